The summed E-state index contributed by atoms with van der Waals surface area (Å²) in [5.41, 5.74) is -3.11. The number of rotatable bonds is 19. The monoisotopic (exact) mass is 768 g/mol. The van der Waals surface area contributed by atoms with Gasteiger partial charge in [-0.25, -0.2) is 14.4 Å². The molecule has 288 valence electrons. The van der Waals surface area contributed by atoms with Crippen LogP contribution in [0, 0.1) is 5.41 Å². The summed E-state index contributed by atoms with van der Waals surface area (Å²) >= 11 is 0. The lowest BCUT2D eigenvalue weighted by Gasteiger charge is -2.32. The molecule has 0 aromatic heterocycles. The van der Waals surface area contributed by atoms with Gasteiger partial charge in [-0.2, -0.15) is 0 Å². The van der Waals surface area contributed by atoms with Gasteiger partial charge in [0.1, 0.15) is 13.2 Å². The van der Waals surface area contributed by atoms with Crippen LogP contribution in [0.15, 0.2) is 0 Å². The van der Waals surface area contributed by atoms with Crippen molar-refractivity contribution in [1.29, 1.82) is 0 Å². The van der Waals surface area contributed by atoms with E-state index in [1.807, 2.05) is 20.8 Å². The highest BCUT2D eigenvalue weighted by atomic mass is 31.2. The van der Waals surface area contributed by atoms with E-state index in [-0.39, 0.29) is 59.6 Å². The highest BCUT2D eigenvalue weighted by molar-refractivity contribution is 7.72. The second kappa shape index (κ2) is 18.6. The zero-order chi connectivity index (χ0) is 38.7. The van der Waals surface area contributed by atoms with Crippen molar-refractivity contribution < 1.29 is 76.7 Å². The van der Waals surface area contributed by atoms with Gasteiger partial charge in [-0.05, 0) is 60.0 Å². The highest BCUT2D eigenvalue weighted by Crippen LogP contribution is 2.69. The minimum Gasteiger partial charge on any atom is -0.461 e. The fraction of sp³-hybridized carbons (Fsp3) is 0.857. The molecule has 0 aromatic carbocycles. The quantitative estimate of drug-likeness (QED) is 0.0426. The number of carbonyl (C=O) groups excluding carboxylic acids is 4. The first-order valence-corrected chi connectivity index (χ1v) is 19.5. The van der Waals surface area contributed by atoms with E-state index >= 15 is 0 Å². The standard InChI is InChI=1S/C28H55N2O16P3/c1-24(2,3)20(31)43-16-19(46-23(34)47-25(4,5)6)17-44-22(33)30-26(7,8)18-45-27(9,10)13-15-42-21(32)29-14-11-12-28(35,48(36,37)38)49(39,40)41/h19,35,47H,11-18H2,1-10H3,(H,29,32)(H,30,33)(H2,36,37,38)(H2,39,40,41). The van der Waals surface area contributed by atoms with Gasteiger partial charge >= 0.3 is 39.1 Å². The maximum Gasteiger partial charge on any atom is 0.407 e. The number of alkyl carbamates (subject to hydrolysis) is 2. The Labute approximate surface area is 289 Å². The molecule has 0 aliphatic rings. The molecule has 0 aliphatic heterocycles. The first-order chi connectivity index (χ1) is 21.8. The summed E-state index contributed by atoms with van der Waals surface area (Å²) in [7, 11) is -11.4. The smallest absolute Gasteiger partial charge is 0.407 e. The molecular weight excluding hydrogens is 713 g/mol. The molecule has 0 aromatic rings. The van der Waals surface area contributed by atoms with Crippen molar-refractivity contribution in [3.05, 3.63) is 0 Å². The van der Waals surface area contributed by atoms with Gasteiger partial charge in [0.25, 0.3) is 5.08 Å². The van der Waals surface area contributed by atoms with Crippen LogP contribution in [0.25, 0.3) is 0 Å². The summed E-state index contributed by atoms with van der Waals surface area (Å²) in [6.45, 7) is 16.3. The van der Waals surface area contributed by atoms with E-state index in [0.717, 1.165) is 0 Å². The van der Waals surface area contributed by atoms with E-state index in [0.29, 0.717) is 0 Å². The summed E-state index contributed by atoms with van der Waals surface area (Å²) in [6.07, 6.45) is -3.96. The van der Waals surface area contributed by atoms with Crippen LogP contribution in [-0.2, 0) is 37.6 Å². The number of esters is 1. The molecule has 2 unspecified atom stereocenters. The van der Waals surface area contributed by atoms with Gasteiger partial charge in [0.15, 0.2) is 6.10 Å². The second-order valence-corrected chi connectivity index (χ2v) is 20.9. The number of ether oxygens (including phenoxy) is 5. The predicted molar refractivity (Wildman–Crippen MR) is 180 cm³/mol. The lowest BCUT2D eigenvalue weighted by atomic mass is 9.97. The minimum atomic E-state index is -5.59. The van der Waals surface area contributed by atoms with Crippen molar-refractivity contribution in [2.75, 3.05) is 33.0 Å². The molecule has 2 atom stereocenters. The van der Waals surface area contributed by atoms with E-state index in [4.69, 9.17) is 43.3 Å². The Morgan fingerprint density at radius 2 is 1.31 bits per heavy atom. The molecule has 0 radical (unpaired) electrons. The fourth-order valence-corrected chi connectivity index (χ4v) is 6.47. The third kappa shape index (κ3) is 19.4. The van der Waals surface area contributed by atoms with Crippen molar-refractivity contribution in [2.45, 2.75) is 116 Å². The lowest BCUT2D eigenvalue weighted by molar-refractivity contribution is -0.156. The summed E-state index contributed by atoms with van der Waals surface area (Å²) in [4.78, 5) is 85.8. The molecule has 21 heteroatoms. The first-order valence-electron chi connectivity index (χ1n) is 15.3. The highest BCUT2D eigenvalue weighted by Gasteiger charge is 2.58. The molecule has 0 heterocycles. The zero-order valence-corrected chi connectivity index (χ0v) is 32.6. The Morgan fingerprint density at radius 1 is 0.776 bits per heavy atom. The number of carbonyl (C=O) groups is 4. The van der Waals surface area contributed by atoms with Crippen molar-refractivity contribution >= 4 is 47.6 Å². The van der Waals surface area contributed by atoms with Gasteiger partial charge in [0.05, 0.1) is 29.8 Å². The molecule has 0 saturated heterocycles. The fourth-order valence-electron chi connectivity index (χ4n) is 3.37. The van der Waals surface area contributed by atoms with Gasteiger partial charge in [-0.1, -0.05) is 20.8 Å². The zero-order valence-electron chi connectivity index (χ0n) is 29.9. The van der Waals surface area contributed by atoms with Gasteiger partial charge in [-0.3, -0.25) is 13.9 Å². The summed E-state index contributed by atoms with van der Waals surface area (Å²) in [6, 6.07) is 0. The van der Waals surface area contributed by atoms with E-state index in [1.165, 1.54) is 0 Å². The van der Waals surface area contributed by atoms with Crippen molar-refractivity contribution in [2.24, 2.45) is 5.41 Å². The Kier molecular flexibility index (Phi) is 17.9. The lowest BCUT2D eigenvalue weighted by Crippen LogP contribution is -2.49. The summed E-state index contributed by atoms with van der Waals surface area (Å²) < 4.78 is 49.7. The third-order valence-electron chi connectivity index (χ3n) is 6.26. The molecule has 0 aliphatic carbocycles. The predicted octanol–water partition coefficient (Wildman–Crippen LogP) is 3.76. The van der Waals surface area contributed by atoms with Gasteiger partial charge in [0, 0.05) is 28.0 Å². The summed E-state index contributed by atoms with van der Waals surface area (Å²) in [5, 5.41) is 10.9. The van der Waals surface area contributed by atoms with Gasteiger partial charge in [-0.15, -0.1) is 0 Å². The van der Waals surface area contributed by atoms with Crippen molar-refractivity contribution in [1.82, 2.24) is 10.6 Å². The Hall–Kier alpha value is -1.87. The van der Waals surface area contributed by atoms with Crippen LogP contribution in [0.3, 0.4) is 0 Å². The average Bonchev–Trinajstić information content (AvgIpc) is 2.88. The number of hydrogen-bond acceptors (Lipinski definition) is 12. The topological polar surface area (TPSA) is 274 Å². The Bertz CT molecular complexity index is 1200. The molecule has 0 bridgehead atoms. The second-order valence-electron chi connectivity index (χ2n) is 14.7. The maximum absolute atomic E-state index is 12.6. The van der Waals surface area contributed by atoms with Crippen LogP contribution in [0.5, 0.6) is 0 Å². The molecular formula is C28H55N2O16P3. The van der Waals surface area contributed by atoms with Crippen molar-refractivity contribution in [3.8, 4) is 0 Å². The van der Waals surface area contributed by atoms with Gasteiger partial charge < -0.3 is 59.0 Å². The number of aliphatic hydroxyl groups is 1. The van der Waals surface area contributed by atoms with Crippen LogP contribution in [0.1, 0.15) is 88.5 Å². The minimum absolute atomic E-state index is 0.00232. The Balaban J connectivity index is 4.84. The summed E-state index contributed by atoms with van der Waals surface area (Å²) in [5.74, 6) is -0.515. The SMILES string of the molecule is CC(C)(COC(C)(C)CCOC(=O)NCCCC(O)(P(=O)(O)O)P(=O)(O)O)NC(=O)OCC(COC(=O)C(C)(C)C)OC(=O)PC(C)(C)C. The third-order valence-corrected chi connectivity index (χ3v) is 11.2. The van der Waals surface area contributed by atoms with Crippen LogP contribution >= 0.6 is 23.8 Å². The van der Waals surface area contributed by atoms with Crippen molar-refractivity contribution in [3.63, 3.8) is 0 Å². The van der Waals surface area contributed by atoms with Crippen LogP contribution < -0.4 is 10.6 Å². The van der Waals surface area contributed by atoms with E-state index < -0.39 is 73.2 Å². The average molecular weight is 769 g/mol. The van der Waals surface area contributed by atoms with Crippen LogP contribution in [0.2, 0.25) is 0 Å². The molecule has 0 rings (SSSR count). The molecule has 0 saturated carbocycles. The Morgan fingerprint density at radius 3 is 1.80 bits per heavy atom. The molecule has 0 spiro atoms. The first kappa shape index (κ1) is 47.1. The molecule has 49 heavy (non-hydrogen) atoms. The van der Waals surface area contributed by atoms with E-state index in [1.54, 1.807) is 48.5 Å². The van der Waals surface area contributed by atoms with E-state index in [2.05, 4.69) is 10.6 Å². The molecule has 0 fully saturated rings. The number of hydrogen-bond donors (Lipinski definition) is 7. The molecule has 18 nitrogen and oxygen atoms in total. The number of amides is 2. The van der Waals surface area contributed by atoms with Crippen LogP contribution in [-0.4, -0.2) is 109 Å². The van der Waals surface area contributed by atoms with Crippen LogP contribution in [0.4, 0.5) is 14.4 Å². The van der Waals surface area contributed by atoms with Gasteiger partial charge in [0.2, 0.25) is 0 Å². The number of nitrogens with one attached hydrogen (secondary N) is 2. The maximum atomic E-state index is 12.6. The van der Waals surface area contributed by atoms with E-state index in [9.17, 15) is 33.4 Å². The molecule has 2 amide bonds. The largest absolute Gasteiger partial charge is 0.461 e. The normalized spacial score (nSPS) is 14.3. The molecule has 7 N–H and O–H groups in total.